The summed E-state index contributed by atoms with van der Waals surface area (Å²) in [6.45, 7) is 6.96. The standard InChI is InChI=1S/C17H26/c1-17(2,3)13-14-8-7-11-16(12-14)15-9-5-4-6-10-15/h7-8,11-12,15H,4-6,9-10,13H2,1-3H3. The average molecular weight is 230 g/mol. The topological polar surface area (TPSA) is 0 Å². The summed E-state index contributed by atoms with van der Waals surface area (Å²) in [6.07, 6.45) is 8.28. The van der Waals surface area contributed by atoms with Crippen molar-refractivity contribution in [2.45, 2.75) is 65.2 Å². The molecule has 0 bridgehead atoms. The average Bonchev–Trinajstić information content (AvgIpc) is 2.28. The van der Waals surface area contributed by atoms with E-state index in [1.165, 1.54) is 44.1 Å². The van der Waals surface area contributed by atoms with E-state index in [1.807, 2.05) is 0 Å². The smallest absolute Gasteiger partial charge is 0.0162 e. The summed E-state index contributed by atoms with van der Waals surface area (Å²) in [6, 6.07) is 9.34. The van der Waals surface area contributed by atoms with Gasteiger partial charge in [-0.15, -0.1) is 0 Å². The molecule has 1 saturated carbocycles. The molecule has 1 aromatic carbocycles. The first-order valence-corrected chi connectivity index (χ1v) is 7.13. The largest absolute Gasteiger partial charge is 0.0617 e. The summed E-state index contributed by atoms with van der Waals surface area (Å²) in [7, 11) is 0. The molecule has 1 aliphatic rings. The van der Waals surface area contributed by atoms with Gasteiger partial charge in [-0.05, 0) is 41.7 Å². The SMILES string of the molecule is CC(C)(C)Cc1cccc(C2CCCCC2)c1. The van der Waals surface area contributed by atoms with Crippen LogP contribution in [0.2, 0.25) is 0 Å². The van der Waals surface area contributed by atoms with Crippen LogP contribution in [-0.2, 0) is 6.42 Å². The van der Waals surface area contributed by atoms with E-state index >= 15 is 0 Å². The zero-order chi connectivity index (χ0) is 12.3. The summed E-state index contributed by atoms with van der Waals surface area (Å²) in [4.78, 5) is 0. The van der Waals surface area contributed by atoms with Crippen LogP contribution in [0.1, 0.15) is 69.9 Å². The molecule has 0 unspecified atom stereocenters. The van der Waals surface area contributed by atoms with Gasteiger partial charge in [-0.3, -0.25) is 0 Å². The Balaban J connectivity index is 2.10. The van der Waals surface area contributed by atoms with Crippen molar-refractivity contribution >= 4 is 0 Å². The molecule has 0 heterocycles. The lowest BCUT2D eigenvalue weighted by Gasteiger charge is -2.24. The molecule has 0 atom stereocenters. The highest BCUT2D eigenvalue weighted by Crippen LogP contribution is 2.33. The lowest BCUT2D eigenvalue weighted by atomic mass is 9.82. The third-order valence-electron chi connectivity index (χ3n) is 3.76. The number of hydrogen-bond acceptors (Lipinski definition) is 0. The fourth-order valence-corrected chi connectivity index (χ4v) is 3.01. The maximum absolute atomic E-state index is 2.46. The fourth-order valence-electron chi connectivity index (χ4n) is 3.01. The molecular weight excluding hydrogens is 204 g/mol. The predicted octanol–water partition coefficient (Wildman–Crippen LogP) is 5.32. The second-order valence-electron chi connectivity index (χ2n) is 6.82. The quantitative estimate of drug-likeness (QED) is 0.644. The molecule has 2 rings (SSSR count). The molecule has 0 amide bonds. The molecule has 0 nitrogen and oxygen atoms in total. The van der Waals surface area contributed by atoms with Gasteiger partial charge in [-0.1, -0.05) is 64.3 Å². The second kappa shape index (κ2) is 5.25. The minimum absolute atomic E-state index is 0.394. The highest BCUT2D eigenvalue weighted by molar-refractivity contribution is 5.27. The van der Waals surface area contributed by atoms with Crippen molar-refractivity contribution in [2.24, 2.45) is 5.41 Å². The first kappa shape index (κ1) is 12.7. The van der Waals surface area contributed by atoms with Gasteiger partial charge in [0.25, 0.3) is 0 Å². The van der Waals surface area contributed by atoms with Gasteiger partial charge in [0.15, 0.2) is 0 Å². The van der Waals surface area contributed by atoms with Crippen molar-refractivity contribution < 1.29 is 0 Å². The van der Waals surface area contributed by atoms with Crippen molar-refractivity contribution in [3.63, 3.8) is 0 Å². The lowest BCUT2D eigenvalue weighted by molar-refractivity contribution is 0.410. The summed E-state index contributed by atoms with van der Waals surface area (Å²) >= 11 is 0. The Hall–Kier alpha value is -0.780. The van der Waals surface area contributed by atoms with Crippen LogP contribution in [0, 0.1) is 5.41 Å². The lowest BCUT2D eigenvalue weighted by Crippen LogP contribution is -2.10. The fraction of sp³-hybridized carbons (Fsp3) is 0.647. The molecule has 0 aliphatic heterocycles. The maximum atomic E-state index is 2.46. The predicted molar refractivity (Wildman–Crippen MR) is 75.4 cm³/mol. The third kappa shape index (κ3) is 3.87. The molecule has 94 valence electrons. The van der Waals surface area contributed by atoms with Crippen LogP contribution in [0.3, 0.4) is 0 Å². The first-order valence-electron chi connectivity index (χ1n) is 7.13. The van der Waals surface area contributed by atoms with Crippen LogP contribution in [0.5, 0.6) is 0 Å². The molecule has 0 N–H and O–H groups in total. The van der Waals surface area contributed by atoms with Crippen LogP contribution in [0.4, 0.5) is 0 Å². The van der Waals surface area contributed by atoms with E-state index in [0.29, 0.717) is 5.41 Å². The number of rotatable bonds is 2. The van der Waals surface area contributed by atoms with E-state index in [-0.39, 0.29) is 0 Å². The highest BCUT2D eigenvalue weighted by atomic mass is 14.2. The first-order chi connectivity index (χ1) is 8.04. The van der Waals surface area contributed by atoms with E-state index in [4.69, 9.17) is 0 Å². The number of hydrogen-bond donors (Lipinski definition) is 0. The van der Waals surface area contributed by atoms with Gasteiger partial charge < -0.3 is 0 Å². The monoisotopic (exact) mass is 230 g/mol. The van der Waals surface area contributed by atoms with E-state index < -0.39 is 0 Å². The highest BCUT2D eigenvalue weighted by Gasteiger charge is 2.17. The second-order valence-corrected chi connectivity index (χ2v) is 6.82. The molecule has 0 radical (unpaired) electrons. The molecule has 1 fully saturated rings. The Morgan fingerprint density at radius 2 is 1.76 bits per heavy atom. The molecule has 0 saturated heterocycles. The van der Waals surface area contributed by atoms with Gasteiger partial charge in [0.05, 0.1) is 0 Å². The molecule has 0 spiro atoms. The normalized spacial score (nSPS) is 18.3. The van der Waals surface area contributed by atoms with Crippen LogP contribution >= 0.6 is 0 Å². The van der Waals surface area contributed by atoms with E-state index in [1.54, 1.807) is 5.56 Å². The van der Waals surface area contributed by atoms with Crippen molar-refractivity contribution in [2.75, 3.05) is 0 Å². The van der Waals surface area contributed by atoms with Gasteiger partial charge >= 0.3 is 0 Å². The molecular formula is C17H26. The summed E-state index contributed by atoms with van der Waals surface area (Å²) in [5.41, 5.74) is 3.50. The number of benzene rings is 1. The van der Waals surface area contributed by atoms with Gasteiger partial charge in [-0.25, -0.2) is 0 Å². The minimum Gasteiger partial charge on any atom is -0.0617 e. The van der Waals surface area contributed by atoms with Crippen molar-refractivity contribution in [3.8, 4) is 0 Å². The third-order valence-corrected chi connectivity index (χ3v) is 3.76. The van der Waals surface area contributed by atoms with Gasteiger partial charge in [-0.2, -0.15) is 0 Å². The summed E-state index contributed by atoms with van der Waals surface area (Å²) < 4.78 is 0. The van der Waals surface area contributed by atoms with Gasteiger partial charge in [0.2, 0.25) is 0 Å². The van der Waals surface area contributed by atoms with Crippen LogP contribution in [-0.4, -0.2) is 0 Å². The molecule has 0 heteroatoms. The van der Waals surface area contributed by atoms with Gasteiger partial charge in [0, 0.05) is 0 Å². The summed E-state index contributed by atoms with van der Waals surface area (Å²) in [5.74, 6) is 0.837. The van der Waals surface area contributed by atoms with E-state index in [0.717, 1.165) is 5.92 Å². The van der Waals surface area contributed by atoms with Crippen molar-refractivity contribution in [1.29, 1.82) is 0 Å². The Bertz CT molecular complexity index is 351. The van der Waals surface area contributed by atoms with Crippen molar-refractivity contribution in [3.05, 3.63) is 35.4 Å². The van der Waals surface area contributed by atoms with Crippen LogP contribution in [0.25, 0.3) is 0 Å². The van der Waals surface area contributed by atoms with Gasteiger partial charge in [0.1, 0.15) is 0 Å². The van der Waals surface area contributed by atoms with E-state index in [9.17, 15) is 0 Å². The Morgan fingerprint density at radius 3 is 2.41 bits per heavy atom. The molecule has 1 aliphatic carbocycles. The maximum Gasteiger partial charge on any atom is -0.0162 e. The Labute approximate surface area is 106 Å². The summed E-state index contributed by atoms with van der Waals surface area (Å²) in [5, 5.41) is 0. The Morgan fingerprint density at radius 1 is 1.06 bits per heavy atom. The minimum atomic E-state index is 0.394. The Kier molecular flexibility index (Phi) is 3.91. The van der Waals surface area contributed by atoms with Crippen LogP contribution < -0.4 is 0 Å². The molecule has 1 aromatic rings. The zero-order valence-corrected chi connectivity index (χ0v) is 11.6. The van der Waals surface area contributed by atoms with Crippen molar-refractivity contribution in [1.82, 2.24) is 0 Å². The van der Waals surface area contributed by atoms with E-state index in [2.05, 4.69) is 45.0 Å². The zero-order valence-electron chi connectivity index (χ0n) is 11.6. The molecule has 0 aromatic heterocycles. The van der Waals surface area contributed by atoms with Crippen LogP contribution in [0.15, 0.2) is 24.3 Å². The molecule has 17 heavy (non-hydrogen) atoms.